The molecule has 1 saturated heterocycles. The van der Waals surface area contributed by atoms with Crippen LogP contribution in [0.15, 0.2) is 15.0 Å². The standard InChI is InChI=1S/C17H23FN4O3/c1-10-5-15(11(2)24-10)17(23)21(4)8-14-6-13(18)7-22(14)9-16-19-12(3)25-20-16/h5,13-14H,6-9H2,1-4H3/t13-,14-/m0/s1. The number of amides is 1. The molecule has 0 saturated carbocycles. The fraction of sp³-hybridized carbons (Fsp3) is 0.588. The Hall–Kier alpha value is -2.22. The summed E-state index contributed by atoms with van der Waals surface area (Å²) in [6.45, 7) is 6.45. The van der Waals surface area contributed by atoms with Crippen molar-refractivity contribution in [1.82, 2.24) is 19.9 Å². The fourth-order valence-electron chi connectivity index (χ4n) is 3.34. The molecule has 0 spiro atoms. The molecule has 25 heavy (non-hydrogen) atoms. The number of hydrogen-bond donors (Lipinski definition) is 0. The minimum absolute atomic E-state index is 0.0870. The third kappa shape index (κ3) is 3.89. The predicted octanol–water partition coefficient (Wildman–Crippen LogP) is 2.27. The molecule has 2 atom stereocenters. The molecule has 1 aliphatic rings. The van der Waals surface area contributed by atoms with Crippen LogP contribution in [-0.2, 0) is 6.54 Å². The SMILES string of the molecule is Cc1cc(C(=O)N(C)C[C@@H]2C[C@H](F)CN2Cc2noc(C)n2)c(C)o1. The highest BCUT2D eigenvalue weighted by molar-refractivity contribution is 5.95. The van der Waals surface area contributed by atoms with E-state index in [1.54, 1.807) is 31.9 Å². The van der Waals surface area contributed by atoms with E-state index < -0.39 is 6.17 Å². The first-order chi connectivity index (χ1) is 11.8. The number of alkyl halides is 1. The second-order valence-corrected chi connectivity index (χ2v) is 6.66. The van der Waals surface area contributed by atoms with Gasteiger partial charge in [0, 0.05) is 33.1 Å². The number of carbonyl (C=O) groups excluding carboxylic acids is 1. The predicted molar refractivity (Wildman–Crippen MR) is 87.9 cm³/mol. The molecule has 2 aromatic rings. The van der Waals surface area contributed by atoms with Crippen LogP contribution >= 0.6 is 0 Å². The van der Waals surface area contributed by atoms with Crippen molar-refractivity contribution in [3.63, 3.8) is 0 Å². The lowest BCUT2D eigenvalue weighted by molar-refractivity contribution is 0.0746. The maximum Gasteiger partial charge on any atom is 0.257 e. The van der Waals surface area contributed by atoms with Gasteiger partial charge < -0.3 is 13.8 Å². The van der Waals surface area contributed by atoms with Gasteiger partial charge >= 0.3 is 0 Å². The van der Waals surface area contributed by atoms with E-state index in [1.807, 2.05) is 11.8 Å². The van der Waals surface area contributed by atoms with E-state index in [0.717, 1.165) is 0 Å². The Balaban J connectivity index is 1.67. The highest BCUT2D eigenvalue weighted by Gasteiger charge is 2.34. The zero-order valence-corrected chi connectivity index (χ0v) is 15.0. The molecule has 2 aromatic heterocycles. The van der Waals surface area contributed by atoms with Gasteiger partial charge in [0.25, 0.3) is 5.91 Å². The molecular formula is C17H23FN4O3. The summed E-state index contributed by atoms with van der Waals surface area (Å²) < 4.78 is 24.4. The fourth-order valence-corrected chi connectivity index (χ4v) is 3.34. The van der Waals surface area contributed by atoms with Crippen molar-refractivity contribution in [2.45, 2.75) is 46.0 Å². The van der Waals surface area contributed by atoms with E-state index in [4.69, 9.17) is 8.94 Å². The lowest BCUT2D eigenvalue weighted by Gasteiger charge is -2.27. The van der Waals surface area contributed by atoms with E-state index in [9.17, 15) is 9.18 Å². The number of likely N-dealkylation sites (N-methyl/N-ethyl adjacent to an activating group) is 1. The van der Waals surface area contributed by atoms with Gasteiger partial charge in [-0.15, -0.1) is 0 Å². The Bertz CT molecular complexity index is 757. The zero-order valence-electron chi connectivity index (χ0n) is 15.0. The highest BCUT2D eigenvalue weighted by Crippen LogP contribution is 2.24. The van der Waals surface area contributed by atoms with Gasteiger partial charge in [0.15, 0.2) is 5.82 Å². The Kier molecular flexibility index (Phi) is 4.89. The minimum atomic E-state index is -0.917. The second kappa shape index (κ2) is 6.95. The summed E-state index contributed by atoms with van der Waals surface area (Å²) in [5.74, 6) is 2.20. The monoisotopic (exact) mass is 350 g/mol. The van der Waals surface area contributed by atoms with Gasteiger partial charge in [-0.1, -0.05) is 5.16 Å². The molecule has 0 radical (unpaired) electrons. The number of halogens is 1. The highest BCUT2D eigenvalue weighted by atomic mass is 19.1. The summed E-state index contributed by atoms with van der Waals surface area (Å²) in [6, 6.07) is 1.65. The molecule has 1 fully saturated rings. The van der Waals surface area contributed by atoms with E-state index >= 15 is 0 Å². The van der Waals surface area contributed by atoms with Crippen molar-refractivity contribution in [3.05, 3.63) is 34.9 Å². The van der Waals surface area contributed by atoms with Crippen LogP contribution in [0.2, 0.25) is 0 Å². The second-order valence-electron chi connectivity index (χ2n) is 6.66. The molecule has 136 valence electrons. The number of aromatic nitrogens is 2. The summed E-state index contributed by atoms with van der Waals surface area (Å²) in [4.78, 5) is 20.4. The van der Waals surface area contributed by atoms with E-state index in [0.29, 0.717) is 54.9 Å². The molecule has 0 unspecified atom stereocenters. The van der Waals surface area contributed by atoms with Gasteiger partial charge in [-0.05, 0) is 26.3 Å². The van der Waals surface area contributed by atoms with Gasteiger partial charge in [-0.25, -0.2) is 4.39 Å². The first-order valence-electron chi connectivity index (χ1n) is 8.33. The topological polar surface area (TPSA) is 75.6 Å². The van der Waals surface area contributed by atoms with Crippen molar-refractivity contribution >= 4 is 5.91 Å². The summed E-state index contributed by atoms with van der Waals surface area (Å²) in [7, 11) is 1.73. The Morgan fingerprint density at radius 1 is 1.44 bits per heavy atom. The Labute approximate surface area is 145 Å². The van der Waals surface area contributed by atoms with Crippen LogP contribution < -0.4 is 0 Å². The van der Waals surface area contributed by atoms with Crippen molar-refractivity contribution < 1.29 is 18.1 Å². The van der Waals surface area contributed by atoms with Crippen LogP contribution in [0.5, 0.6) is 0 Å². The molecule has 0 bridgehead atoms. The molecule has 7 nitrogen and oxygen atoms in total. The summed E-state index contributed by atoms with van der Waals surface area (Å²) in [5.41, 5.74) is 0.551. The number of carbonyl (C=O) groups is 1. The number of aryl methyl sites for hydroxylation is 3. The smallest absolute Gasteiger partial charge is 0.257 e. The van der Waals surface area contributed by atoms with Gasteiger partial charge in [0.2, 0.25) is 5.89 Å². The lowest BCUT2D eigenvalue weighted by atomic mass is 10.1. The number of nitrogens with zero attached hydrogens (tertiary/aromatic N) is 4. The van der Waals surface area contributed by atoms with Crippen LogP contribution in [0.25, 0.3) is 0 Å². The quantitative estimate of drug-likeness (QED) is 0.823. The molecule has 3 rings (SSSR count). The molecule has 8 heteroatoms. The molecule has 1 amide bonds. The maximum atomic E-state index is 13.9. The van der Waals surface area contributed by atoms with Gasteiger partial charge in [0.05, 0.1) is 12.1 Å². The van der Waals surface area contributed by atoms with Crippen molar-refractivity contribution in [2.75, 3.05) is 20.1 Å². The summed E-state index contributed by atoms with van der Waals surface area (Å²) in [5, 5.41) is 3.87. The molecule has 0 aliphatic carbocycles. The first kappa shape index (κ1) is 17.6. The molecule has 3 heterocycles. The van der Waals surface area contributed by atoms with Crippen LogP contribution in [0.1, 0.15) is 40.0 Å². The van der Waals surface area contributed by atoms with E-state index in [1.165, 1.54) is 0 Å². The number of likely N-dealkylation sites (tertiary alicyclic amines) is 1. The average Bonchev–Trinajstić information content (AvgIpc) is 3.19. The summed E-state index contributed by atoms with van der Waals surface area (Å²) >= 11 is 0. The van der Waals surface area contributed by atoms with Crippen LogP contribution in [0.4, 0.5) is 4.39 Å². The van der Waals surface area contributed by atoms with Gasteiger partial charge in [0.1, 0.15) is 17.7 Å². The lowest BCUT2D eigenvalue weighted by Crippen LogP contribution is -2.41. The Morgan fingerprint density at radius 3 is 2.80 bits per heavy atom. The van der Waals surface area contributed by atoms with Crippen LogP contribution in [0, 0.1) is 20.8 Å². The van der Waals surface area contributed by atoms with Gasteiger partial charge in [-0.3, -0.25) is 9.69 Å². The largest absolute Gasteiger partial charge is 0.466 e. The van der Waals surface area contributed by atoms with E-state index in [2.05, 4.69) is 10.1 Å². The van der Waals surface area contributed by atoms with Crippen LogP contribution in [-0.4, -0.2) is 58.2 Å². The normalized spacial score (nSPS) is 21.0. The number of rotatable bonds is 5. The van der Waals surface area contributed by atoms with E-state index in [-0.39, 0.29) is 11.9 Å². The average molecular weight is 350 g/mol. The van der Waals surface area contributed by atoms with Crippen molar-refractivity contribution in [3.8, 4) is 0 Å². The first-order valence-corrected chi connectivity index (χ1v) is 8.33. The van der Waals surface area contributed by atoms with Crippen molar-refractivity contribution in [1.29, 1.82) is 0 Å². The van der Waals surface area contributed by atoms with Crippen LogP contribution in [0.3, 0.4) is 0 Å². The molecule has 1 aliphatic heterocycles. The summed E-state index contributed by atoms with van der Waals surface area (Å²) in [6.07, 6.45) is -0.530. The molecular weight excluding hydrogens is 327 g/mol. The number of hydrogen-bond acceptors (Lipinski definition) is 6. The number of furan rings is 1. The maximum absolute atomic E-state index is 13.9. The van der Waals surface area contributed by atoms with Crippen molar-refractivity contribution in [2.24, 2.45) is 0 Å². The third-order valence-electron chi connectivity index (χ3n) is 4.49. The zero-order chi connectivity index (χ0) is 18.1. The molecule has 0 aromatic carbocycles. The van der Waals surface area contributed by atoms with Gasteiger partial charge in [-0.2, -0.15) is 4.98 Å². The minimum Gasteiger partial charge on any atom is -0.466 e. The Morgan fingerprint density at radius 2 is 2.20 bits per heavy atom. The molecule has 0 N–H and O–H groups in total. The third-order valence-corrected chi connectivity index (χ3v) is 4.49.